The molecule has 1 rings (SSSR count). The second-order valence-electron chi connectivity index (χ2n) is 4.95. The number of carbonyl (C=O) groups is 2. The Hall–Kier alpha value is -2.04. The van der Waals surface area contributed by atoms with Crippen LogP contribution in [0, 0.1) is 0 Å². The molecule has 0 unspecified atom stereocenters. The molecule has 116 valence electrons. The van der Waals surface area contributed by atoms with Gasteiger partial charge in [-0.15, -0.1) is 0 Å². The maximum absolute atomic E-state index is 11.5. The third kappa shape index (κ3) is 7.97. The van der Waals surface area contributed by atoms with Crippen LogP contribution in [0.3, 0.4) is 0 Å². The molecule has 21 heavy (non-hydrogen) atoms. The highest BCUT2D eigenvalue weighted by Gasteiger charge is 2.05. The maximum Gasteiger partial charge on any atom is 0.306 e. The molecule has 0 bridgehead atoms. The molecule has 1 aromatic rings. The summed E-state index contributed by atoms with van der Waals surface area (Å²) in [5.41, 5.74) is 0.597. The largest absolute Gasteiger partial charge is 0.508 e. The fourth-order valence-electron chi connectivity index (χ4n) is 1.94. The summed E-state index contributed by atoms with van der Waals surface area (Å²) in [6, 6.07) is 6.76. The number of ether oxygens (including phenoxy) is 1. The van der Waals surface area contributed by atoms with Crippen LogP contribution in [-0.4, -0.2) is 22.2 Å². The van der Waals surface area contributed by atoms with Crippen molar-refractivity contribution < 1.29 is 24.5 Å². The molecule has 0 fully saturated rings. The molecular formula is C16H22O5. The van der Waals surface area contributed by atoms with E-state index in [-0.39, 0.29) is 24.7 Å². The molecule has 0 aliphatic rings. The first kappa shape index (κ1) is 17.0. The lowest BCUT2D eigenvalue weighted by atomic mass is 10.1. The second-order valence-corrected chi connectivity index (χ2v) is 4.95. The lowest BCUT2D eigenvalue weighted by molar-refractivity contribution is -0.145. The third-order valence-electron chi connectivity index (χ3n) is 3.15. The van der Waals surface area contributed by atoms with Crippen molar-refractivity contribution in [3.05, 3.63) is 29.8 Å². The highest BCUT2D eigenvalue weighted by Crippen LogP contribution is 2.17. The molecule has 0 saturated heterocycles. The van der Waals surface area contributed by atoms with Gasteiger partial charge in [-0.05, 0) is 18.9 Å². The van der Waals surface area contributed by atoms with Crippen molar-refractivity contribution in [2.24, 2.45) is 0 Å². The molecule has 0 heterocycles. The number of esters is 1. The van der Waals surface area contributed by atoms with Gasteiger partial charge in [0.15, 0.2) is 0 Å². The summed E-state index contributed by atoms with van der Waals surface area (Å²) in [5.74, 6) is -0.907. The molecule has 2 N–H and O–H groups in total. The van der Waals surface area contributed by atoms with Crippen LogP contribution in [0.2, 0.25) is 0 Å². The van der Waals surface area contributed by atoms with Crippen LogP contribution < -0.4 is 0 Å². The van der Waals surface area contributed by atoms with Gasteiger partial charge in [0.25, 0.3) is 0 Å². The highest BCUT2D eigenvalue weighted by molar-refractivity contribution is 5.69. The molecule has 1 aromatic carbocycles. The van der Waals surface area contributed by atoms with Gasteiger partial charge in [0.2, 0.25) is 0 Å². The van der Waals surface area contributed by atoms with Crippen molar-refractivity contribution in [1.82, 2.24) is 0 Å². The number of phenols is 1. The van der Waals surface area contributed by atoms with E-state index in [1.807, 2.05) is 0 Å². The Kier molecular flexibility index (Phi) is 7.94. The molecule has 5 heteroatoms. The fourth-order valence-corrected chi connectivity index (χ4v) is 1.94. The third-order valence-corrected chi connectivity index (χ3v) is 3.15. The zero-order valence-electron chi connectivity index (χ0n) is 12.1. The van der Waals surface area contributed by atoms with E-state index in [9.17, 15) is 14.7 Å². The molecule has 0 radical (unpaired) electrons. The summed E-state index contributed by atoms with van der Waals surface area (Å²) in [6.07, 6.45) is 4.69. The number of carbonyl (C=O) groups excluding carboxylic acids is 1. The predicted molar refractivity (Wildman–Crippen MR) is 77.9 cm³/mol. The molecule has 0 saturated carbocycles. The second kappa shape index (κ2) is 9.80. The van der Waals surface area contributed by atoms with Gasteiger partial charge in [0.05, 0.1) is 0 Å². The highest BCUT2D eigenvalue weighted by atomic mass is 16.5. The Bertz CT molecular complexity index is 456. The molecule has 0 aromatic heterocycles. The van der Waals surface area contributed by atoms with E-state index in [0.29, 0.717) is 18.4 Å². The Labute approximate surface area is 124 Å². The standard InChI is InChI=1S/C16H22O5/c17-14-9-7-6-8-13(14)12-21-16(20)11-5-3-1-2-4-10-15(18)19/h6-9,17H,1-5,10-12H2,(H,18,19). The minimum Gasteiger partial charge on any atom is -0.508 e. The quantitative estimate of drug-likeness (QED) is 0.511. The minimum absolute atomic E-state index is 0.0874. The summed E-state index contributed by atoms with van der Waals surface area (Å²) in [7, 11) is 0. The number of carboxylic acids is 1. The van der Waals surface area contributed by atoms with Crippen LogP contribution in [0.15, 0.2) is 24.3 Å². The van der Waals surface area contributed by atoms with E-state index >= 15 is 0 Å². The average molecular weight is 294 g/mol. The van der Waals surface area contributed by atoms with Gasteiger partial charge in [-0.2, -0.15) is 0 Å². The first-order chi connectivity index (χ1) is 10.1. The van der Waals surface area contributed by atoms with Crippen molar-refractivity contribution in [1.29, 1.82) is 0 Å². The van der Waals surface area contributed by atoms with Gasteiger partial charge in [-0.3, -0.25) is 9.59 Å². The zero-order valence-corrected chi connectivity index (χ0v) is 12.1. The lowest BCUT2D eigenvalue weighted by Gasteiger charge is -2.06. The number of hydrogen-bond acceptors (Lipinski definition) is 4. The smallest absolute Gasteiger partial charge is 0.306 e. The van der Waals surface area contributed by atoms with Crippen molar-refractivity contribution in [3.63, 3.8) is 0 Å². The molecular weight excluding hydrogens is 272 g/mol. The monoisotopic (exact) mass is 294 g/mol. The van der Waals surface area contributed by atoms with Gasteiger partial charge in [-0.1, -0.05) is 37.5 Å². The molecule has 5 nitrogen and oxygen atoms in total. The van der Waals surface area contributed by atoms with Gasteiger partial charge < -0.3 is 14.9 Å². The number of hydrogen-bond donors (Lipinski definition) is 2. The summed E-state index contributed by atoms with van der Waals surface area (Å²) < 4.78 is 5.09. The van der Waals surface area contributed by atoms with Crippen LogP contribution in [-0.2, 0) is 20.9 Å². The van der Waals surface area contributed by atoms with Crippen LogP contribution in [0.5, 0.6) is 5.75 Å². The number of unbranched alkanes of at least 4 members (excludes halogenated alkanes) is 4. The van der Waals surface area contributed by atoms with Gasteiger partial charge in [0, 0.05) is 18.4 Å². The van der Waals surface area contributed by atoms with Crippen LogP contribution in [0.25, 0.3) is 0 Å². The number of phenolic OH excluding ortho intramolecular Hbond substituents is 1. The topological polar surface area (TPSA) is 83.8 Å². The molecule has 0 aliphatic carbocycles. The zero-order chi connectivity index (χ0) is 15.5. The summed E-state index contributed by atoms with van der Waals surface area (Å²) in [4.78, 5) is 21.8. The van der Waals surface area contributed by atoms with Crippen molar-refractivity contribution in [2.75, 3.05) is 0 Å². The Morgan fingerprint density at radius 2 is 1.57 bits per heavy atom. The van der Waals surface area contributed by atoms with Crippen molar-refractivity contribution in [2.45, 2.75) is 51.6 Å². The number of rotatable bonds is 10. The number of benzene rings is 1. The molecule has 0 atom stereocenters. The number of aliphatic carboxylic acids is 1. The fraction of sp³-hybridized carbons (Fsp3) is 0.500. The van der Waals surface area contributed by atoms with E-state index in [1.165, 1.54) is 0 Å². The SMILES string of the molecule is O=C(O)CCCCCCCC(=O)OCc1ccccc1O. The summed E-state index contributed by atoms with van der Waals surface area (Å²) in [5, 5.41) is 18.0. The Morgan fingerprint density at radius 1 is 0.952 bits per heavy atom. The van der Waals surface area contributed by atoms with E-state index < -0.39 is 5.97 Å². The molecule has 0 aliphatic heterocycles. The van der Waals surface area contributed by atoms with E-state index in [0.717, 1.165) is 25.7 Å². The van der Waals surface area contributed by atoms with Crippen molar-refractivity contribution >= 4 is 11.9 Å². The number of aromatic hydroxyl groups is 1. The number of carboxylic acid groups (broad SMARTS) is 1. The molecule has 0 amide bonds. The van der Waals surface area contributed by atoms with E-state index in [1.54, 1.807) is 24.3 Å². The van der Waals surface area contributed by atoms with Gasteiger partial charge >= 0.3 is 11.9 Å². The Morgan fingerprint density at radius 3 is 2.24 bits per heavy atom. The van der Waals surface area contributed by atoms with E-state index in [4.69, 9.17) is 9.84 Å². The number of para-hydroxylation sites is 1. The van der Waals surface area contributed by atoms with Crippen LogP contribution >= 0.6 is 0 Å². The first-order valence-electron chi connectivity index (χ1n) is 7.24. The maximum atomic E-state index is 11.5. The summed E-state index contributed by atoms with van der Waals surface area (Å²) in [6.45, 7) is 0.0874. The normalized spacial score (nSPS) is 10.3. The van der Waals surface area contributed by atoms with Gasteiger partial charge in [0.1, 0.15) is 12.4 Å². The van der Waals surface area contributed by atoms with Crippen LogP contribution in [0.4, 0.5) is 0 Å². The summed E-state index contributed by atoms with van der Waals surface area (Å²) >= 11 is 0. The average Bonchev–Trinajstić information content (AvgIpc) is 2.45. The lowest BCUT2D eigenvalue weighted by Crippen LogP contribution is -2.04. The minimum atomic E-state index is -0.761. The Balaban J connectivity index is 2.04. The van der Waals surface area contributed by atoms with Gasteiger partial charge in [-0.25, -0.2) is 0 Å². The predicted octanol–water partition coefficient (Wildman–Crippen LogP) is 3.25. The van der Waals surface area contributed by atoms with E-state index in [2.05, 4.69) is 0 Å². The molecule has 0 spiro atoms. The van der Waals surface area contributed by atoms with Crippen molar-refractivity contribution in [3.8, 4) is 5.75 Å². The van der Waals surface area contributed by atoms with Crippen LogP contribution in [0.1, 0.15) is 50.5 Å². The first-order valence-corrected chi connectivity index (χ1v) is 7.24.